The zero-order chi connectivity index (χ0) is 13.3. The van der Waals surface area contributed by atoms with Crippen LogP contribution < -0.4 is 5.73 Å². The molecule has 0 heterocycles. The van der Waals surface area contributed by atoms with Crippen LogP contribution in [0.4, 0.5) is 5.69 Å². The summed E-state index contributed by atoms with van der Waals surface area (Å²) in [7, 11) is -3.28. The van der Waals surface area contributed by atoms with Gasteiger partial charge in [-0.25, -0.2) is 8.42 Å². The number of halogens is 1. The van der Waals surface area contributed by atoms with Gasteiger partial charge < -0.3 is 5.73 Å². The van der Waals surface area contributed by atoms with E-state index in [2.05, 4.69) is 22.9 Å². The van der Waals surface area contributed by atoms with Gasteiger partial charge in [-0.2, -0.15) is 0 Å². The topological polar surface area (TPSA) is 60.2 Å². The summed E-state index contributed by atoms with van der Waals surface area (Å²) in [6, 6.07) is 4.99. The van der Waals surface area contributed by atoms with Crippen LogP contribution in [0.25, 0.3) is 0 Å². The Balaban J connectivity index is 2.30. The molecule has 0 aliphatic heterocycles. The van der Waals surface area contributed by atoms with Gasteiger partial charge in [-0.15, -0.1) is 0 Å². The van der Waals surface area contributed by atoms with Gasteiger partial charge in [-0.05, 0) is 49.8 Å². The molecule has 0 atom stereocenters. The van der Waals surface area contributed by atoms with Gasteiger partial charge in [0, 0.05) is 4.47 Å². The zero-order valence-corrected chi connectivity index (χ0v) is 12.8. The lowest BCUT2D eigenvalue weighted by atomic mass is 9.91. The van der Waals surface area contributed by atoms with E-state index in [1.54, 1.807) is 18.2 Å². The van der Waals surface area contributed by atoms with Crippen LogP contribution in [0.2, 0.25) is 0 Å². The summed E-state index contributed by atoms with van der Waals surface area (Å²) >= 11 is 3.29. The molecule has 5 heteroatoms. The molecule has 0 aromatic heterocycles. The summed E-state index contributed by atoms with van der Waals surface area (Å²) in [6.07, 6.45) is 3.47. The fourth-order valence-electron chi connectivity index (χ4n) is 2.50. The van der Waals surface area contributed by atoms with Gasteiger partial charge in [-0.1, -0.05) is 22.9 Å². The summed E-state index contributed by atoms with van der Waals surface area (Å²) in [5.41, 5.74) is 6.17. The largest absolute Gasteiger partial charge is 0.398 e. The Hall–Kier alpha value is -0.550. The molecule has 0 amide bonds. The predicted molar refractivity (Wildman–Crippen MR) is 77.2 cm³/mol. The van der Waals surface area contributed by atoms with Crippen molar-refractivity contribution in [1.29, 1.82) is 0 Å². The van der Waals surface area contributed by atoms with Gasteiger partial charge in [0.15, 0.2) is 9.84 Å². The van der Waals surface area contributed by atoms with Crippen LogP contribution in [0.15, 0.2) is 27.6 Å². The number of rotatable bonds is 2. The summed E-state index contributed by atoms with van der Waals surface area (Å²) in [6.45, 7) is 2.18. The summed E-state index contributed by atoms with van der Waals surface area (Å²) in [5, 5.41) is -0.267. The molecule has 1 aromatic carbocycles. The molecule has 1 saturated carbocycles. The maximum atomic E-state index is 12.5. The highest BCUT2D eigenvalue weighted by molar-refractivity contribution is 9.10. The number of hydrogen-bond acceptors (Lipinski definition) is 3. The summed E-state index contributed by atoms with van der Waals surface area (Å²) in [5.74, 6) is 0.638. The van der Waals surface area contributed by atoms with Crippen LogP contribution >= 0.6 is 15.9 Å². The smallest absolute Gasteiger partial charge is 0.183 e. The predicted octanol–water partition coefficient (Wildman–Crippen LogP) is 3.38. The fraction of sp³-hybridized carbons (Fsp3) is 0.538. The lowest BCUT2D eigenvalue weighted by Gasteiger charge is -2.26. The van der Waals surface area contributed by atoms with E-state index >= 15 is 0 Å². The molecule has 0 radical (unpaired) electrons. The highest BCUT2D eigenvalue weighted by atomic mass is 79.9. The molecule has 0 unspecified atom stereocenters. The third kappa shape index (κ3) is 2.72. The minimum Gasteiger partial charge on any atom is -0.398 e. The van der Waals surface area contributed by atoms with E-state index < -0.39 is 9.84 Å². The second kappa shape index (κ2) is 5.21. The number of hydrogen-bond donors (Lipinski definition) is 1. The maximum absolute atomic E-state index is 12.5. The molecule has 2 N–H and O–H groups in total. The van der Waals surface area contributed by atoms with Crippen molar-refractivity contribution in [2.45, 2.75) is 42.8 Å². The van der Waals surface area contributed by atoms with Crippen molar-refractivity contribution in [3.63, 3.8) is 0 Å². The first kappa shape index (κ1) is 13.9. The molecule has 3 nitrogen and oxygen atoms in total. The van der Waals surface area contributed by atoms with E-state index in [0.29, 0.717) is 11.6 Å². The van der Waals surface area contributed by atoms with Crippen LogP contribution in [0, 0.1) is 5.92 Å². The molecule has 0 bridgehead atoms. The highest BCUT2D eigenvalue weighted by Gasteiger charge is 2.32. The van der Waals surface area contributed by atoms with Gasteiger partial charge >= 0.3 is 0 Å². The van der Waals surface area contributed by atoms with Crippen molar-refractivity contribution in [1.82, 2.24) is 0 Å². The second-order valence-electron chi connectivity index (χ2n) is 5.11. The Labute approximate surface area is 117 Å². The first-order valence-electron chi connectivity index (χ1n) is 6.20. The molecular weight excluding hydrogens is 314 g/mol. The van der Waals surface area contributed by atoms with Crippen molar-refractivity contribution in [3.8, 4) is 0 Å². The Morgan fingerprint density at radius 2 is 1.83 bits per heavy atom. The van der Waals surface area contributed by atoms with E-state index in [1.165, 1.54) is 0 Å². The number of sulfone groups is 1. The summed E-state index contributed by atoms with van der Waals surface area (Å²) < 4.78 is 25.9. The Kier molecular flexibility index (Phi) is 4.02. The minimum absolute atomic E-state index is 0.267. The Morgan fingerprint density at radius 1 is 1.22 bits per heavy atom. The van der Waals surface area contributed by atoms with Crippen LogP contribution in [0.3, 0.4) is 0 Å². The lowest BCUT2D eigenvalue weighted by molar-refractivity contribution is 0.382. The fourth-order valence-corrected chi connectivity index (χ4v) is 4.77. The van der Waals surface area contributed by atoms with E-state index in [0.717, 1.165) is 30.2 Å². The van der Waals surface area contributed by atoms with Gasteiger partial charge in [0.1, 0.15) is 0 Å². The monoisotopic (exact) mass is 331 g/mol. The molecule has 2 rings (SSSR count). The molecule has 1 fully saturated rings. The van der Waals surface area contributed by atoms with Crippen LogP contribution in [-0.2, 0) is 9.84 Å². The maximum Gasteiger partial charge on any atom is 0.183 e. The normalized spacial score (nSPS) is 25.0. The highest BCUT2D eigenvalue weighted by Crippen LogP contribution is 2.34. The first-order valence-corrected chi connectivity index (χ1v) is 8.54. The van der Waals surface area contributed by atoms with Gasteiger partial charge in [0.05, 0.1) is 15.8 Å². The zero-order valence-electron chi connectivity index (χ0n) is 10.4. The standard InChI is InChI=1S/C13H18BrNO2S/c1-9-2-5-11(6-3-9)18(16,17)13-7-4-10(14)8-12(13)15/h4,7-9,11H,2-3,5-6,15H2,1H3. The van der Waals surface area contributed by atoms with E-state index in [4.69, 9.17) is 5.73 Å². The number of nitrogens with two attached hydrogens (primary N) is 1. The molecule has 1 aliphatic rings. The Bertz CT molecular complexity index is 534. The minimum atomic E-state index is -3.28. The van der Waals surface area contributed by atoms with Crippen molar-refractivity contribution >= 4 is 31.5 Å². The van der Waals surface area contributed by atoms with E-state index in [9.17, 15) is 8.42 Å². The van der Waals surface area contributed by atoms with Crippen LogP contribution in [0.1, 0.15) is 32.6 Å². The summed E-state index contributed by atoms with van der Waals surface area (Å²) in [4.78, 5) is 0.283. The SMILES string of the molecule is CC1CCC(S(=O)(=O)c2ccc(Br)cc2N)CC1. The molecular formula is C13H18BrNO2S. The molecule has 0 saturated heterocycles. The van der Waals surface area contributed by atoms with Crippen molar-refractivity contribution < 1.29 is 8.42 Å². The number of anilines is 1. The Morgan fingerprint density at radius 3 is 2.39 bits per heavy atom. The van der Waals surface area contributed by atoms with Gasteiger partial charge in [0.2, 0.25) is 0 Å². The molecule has 0 spiro atoms. The average Bonchev–Trinajstić information content (AvgIpc) is 2.29. The lowest BCUT2D eigenvalue weighted by Crippen LogP contribution is -2.27. The van der Waals surface area contributed by atoms with Crippen molar-refractivity contribution in [2.75, 3.05) is 5.73 Å². The second-order valence-corrected chi connectivity index (χ2v) is 8.22. The van der Waals surface area contributed by atoms with E-state index in [-0.39, 0.29) is 10.1 Å². The van der Waals surface area contributed by atoms with Crippen LogP contribution in [-0.4, -0.2) is 13.7 Å². The molecule has 100 valence electrons. The number of benzene rings is 1. The number of nitrogen functional groups attached to an aromatic ring is 1. The molecule has 1 aliphatic carbocycles. The van der Waals surface area contributed by atoms with Crippen LogP contribution in [0.5, 0.6) is 0 Å². The molecule has 1 aromatic rings. The average molecular weight is 332 g/mol. The van der Waals surface area contributed by atoms with Crippen molar-refractivity contribution in [3.05, 3.63) is 22.7 Å². The quantitative estimate of drug-likeness (QED) is 0.845. The molecule has 18 heavy (non-hydrogen) atoms. The van der Waals surface area contributed by atoms with Gasteiger partial charge in [0.25, 0.3) is 0 Å². The third-order valence-corrected chi connectivity index (χ3v) is 6.51. The first-order chi connectivity index (χ1) is 8.41. The van der Waals surface area contributed by atoms with Crippen molar-refractivity contribution in [2.24, 2.45) is 5.92 Å². The van der Waals surface area contributed by atoms with Gasteiger partial charge in [-0.3, -0.25) is 0 Å². The third-order valence-electron chi connectivity index (χ3n) is 3.68. The van der Waals surface area contributed by atoms with E-state index in [1.807, 2.05) is 0 Å².